The van der Waals surface area contributed by atoms with Crippen LogP contribution in [-0.4, -0.2) is 43.0 Å². The minimum absolute atomic E-state index is 0.243. The molecule has 2 unspecified atom stereocenters. The molecule has 2 heterocycles. The second kappa shape index (κ2) is 9.44. The topological polar surface area (TPSA) is 72.1 Å². The Labute approximate surface area is 211 Å². The summed E-state index contributed by atoms with van der Waals surface area (Å²) in [4.78, 5) is 15.4. The number of halogens is 2. The van der Waals surface area contributed by atoms with Crippen LogP contribution in [0.15, 0.2) is 39.5 Å². The van der Waals surface area contributed by atoms with Gasteiger partial charge in [0.1, 0.15) is 34.0 Å². The van der Waals surface area contributed by atoms with Gasteiger partial charge in [0.15, 0.2) is 5.43 Å². The first-order valence-electron chi connectivity index (χ1n) is 10.9. The molecule has 3 aromatic rings. The lowest BCUT2D eigenvalue weighted by molar-refractivity contribution is -0.0928. The van der Waals surface area contributed by atoms with Gasteiger partial charge in [0.05, 0.1) is 19.2 Å². The smallest absolute Gasteiger partial charge is 0.197 e. The highest BCUT2D eigenvalue weighted by Gasteiger charge is 2.48. The summed E-state index contributed by atoms with van der Waals surface area (Å²) in [6, 6.07) is 8.73. The Balaban J connectivity index is 2.09. The summed E-state index contributed by atoms with van der Waals surface area (Å²) < 4.78 is 18.6. The van der Waals surface area contributed by atoms with E-state index in [0.29, 0.717) is 63.8 Å². The summed E-state index contributed by atoms with van der Waals surface area (Å²) in [6.45, 7) is 5.44. The van der Waals surface area contributed by atoms with Crippen LogP contribution >= 0.6 is 34.2 Å². The lowest BCUT2D eigenvalue weighted by Gasteiger charge is -2.37. The van der Waals surface area contributed by atoms with Crippen LogP contribution in [0.1, 0.15) is 38.2 Å². The maximum absolute atomic E-state index is 13.4. The van der Waals surface area contributed by atoms with Crippen LogP contribution in [0.25, 0.3) is 22.3 Å². The van der Waals surface area contributed by atoms with E-state index < -0.39 is 5.72 Å². The Hall–Kier alpha value is -1.81. The number of benzene rings is 2. The fraction of sp³-hybridized carbons (Fsp3) is 0.400. The molecular weight excluding hydrogens is 557 g/mol. The van der Waals surface area contributed by atoms with Crippen LogP contribution in [0.3, 0.4) is 0 Å². The molecule has 1 fully saturated rings. The lowest BCUT2D eigenvalue weighted by atomic mass is 9.85. The fourth-order valence-electron chi connectivity index (χ4n) is 4.99. The van der Waals surface area contributed by atoms with Gasteiger partial charge in [0, 0.05) is 39.3 Å². The van der Waals surface area contributed by atoms with Crippen molar-refractivity contribution in [1.29, 1.82) is 0 Å². The second-order valence-corrected chi connectivity index (χ2v) is 9.67. The third-order valence-electron chi connectivity index (χ3n) is 6.67. The van der Waals surface area contributed by atoms with Crippen molar-refractivity contribution < 1.29 is 19.0 Å². The van der Waals surface area contributed by atoms with Gasteiger partial charge in [-0.25, -0.2) is 0 Å². The summed E-state index contributed by atoms with van der Waals surface area (Å²) in [5.74, 6) is 0.932. The van der Waals surface area contributed by atoms with Crippen molar-refractivity contribution in [3.8, 4) is 22.8 Å². The highest BCUT2D eigenvalue weighted by Crippen LogP contribution is 2.49. The second-order valence-electron chi connectivity index (χ2n) is 8.13. The molecular formula is C25H27ClINO5. The van der Waals surface area contributed by atoms with E-state index in [4.69, 9.17) is 25.5 Å². The summed E-state index contributed by atoms with van der Waals surface area (Å²) in [6.07, 6.45) is 1.22. The van der Waals surface area contributed by atoms with Gasteiger partial charge in [-0.15, -0.1) is 0 Å². The van der Waals surface area contributed by atoms with Gasteiger partial charge < -0.3 is 19.0 Å². The molecule has 33 heavy (non-hydrogen) atoms. The Morgan fingerprint density at radius 3 is 2.61 bits per heavy atom. The molecule has 2 atom stereocenters. The molecule has 4 rings (SSSR count). The number of likely N-dealkylation sites (N-methyl/N-ethyl adjacent to an activating group) is 1. The van der Waals surface area contributed by atoms with E-state index in [1.54, 1.807) is 13.2 Å². The quantitative estimate of drug-likeness (QED) is 0.379. The van der Waals surface area contributed by atoms with Crippen molar-refractivity contribution in [2.75, 3.05) is 27.3 Å². The molecule has 1 aliphatic heterocycles. The minimum atomic E-state index is -1.09. The fourth-order valence-corrected chi connectivity index (χ4v) is 5.71. The van der Waals surface area contributed by atoms with Gasteiger partial charge in [-0.1, -0.05) is 31.5 Å². The zero-order valence-corrected chi connectivity index (χ0v) is 22.0. The van der Waals surface area contributed by atoms with Crippen LogP contribution in [0.4, 0.5) is 0 Å². The number of fused-ring (bicyclic) bond motifs is 1. The molecule has 1 aliphatic rings. The maximum Gasteiger partial charge on any atom is 0.197 e. The van der Waals surface area contributed by atoms with Crippen molar-refractivity contribution in [3.63, 3.8) is 0 Å². The zero-order valence-electron chi connectivity index (χ0n) is 19.1. The first kappa shape index (κ1) is 24.3. The van der Waals surface area contributed by atoms with E-state index in [1.165, 1.54) is 13.2 Å². The number of likely N-dealkylation sites (tertiary alicyclic amines) is 1. The van der Waals surface area contributed by atoms with Crippen LogP contribution in [0, 0.1) is 3.57 Å². The van der Waals surface area contributed by atoms with E-state index in [1.807, 2.05) is 32.0 Å². The van der Waals surface area contributed by atoms with Crippen molar-refractivity contribution in [3.05, 3.63) is 54.7 Å². The first-order valence-corrected chi connectivity index (χ1v) is 12.4. The molecule has 0 aliphatic carbocycles. The summed E-state index contributed by atoms with van der Waals surface area (Å²) >= 11 is 8.70. The van der Waals surface area contributed by atoms with E-state index in [2.05, 4.69) is 27.5 Å². The van der Waals surface area contributed by atoms with E-state index in [9.17, 15) is 9.90 Å². The molecule has 1 aromatic heterocycles. The minimum Gasteiger partial charge on any atom is -0.496 e. The van der Waals surface area contributed by atoms with E-state index in [0.717, 1.165) is 10.1 Å². The zero-order chi connectivity index (χ0) is 23.9. The van der Waals surface area contributed by atoms with Crippen molar-refractivity contribution in [2.45, 2.75) is 38.3 Å². The van der Waals surface area contributed by atoms with E-state index >= 15 is 0 Å². The largest absolute Gasteiger partial charge is 0.496 e. The van der Waals surface area contributed by atoms with Gasteiger partial charge in [0.25, 0.3) is 0 Å². The van der Waals surface area contributed by atoms with Crippen molar-refractivity contribution in [1.82, 2.24) is 4.90 Å². The monoisotopic (exact) mass is 583 g/mol. The van der Waals surface area contributed by atoms with E-state index in [-0.39, 0.29) is 11.3 Å². The molecule has 0 radical (unpaired) electrons. The molecule has 0 bridgehead atoms. The number of hydrogen-bond acceptors (Lipinski definition) is 6. The molecule has 0 saturated carbocycles. The van der Waals surface area contributed by atoms with Crippen molar-refractivity contribution >= 4 is 45.2 Å². The number of nitrogens with zero attached hydrogens (tertiary/aromatic N) is 1. The summed E-state index contributed by atoms with van der Waals surface area (Å²) in [5.41, 5.74) is 0.334. The average Bonchev–Trinajstić information content (AvgIpc) is 3.15. The average molecular weight is 584 g/mol. The predicted octanol–water partition coefficient (Wildman–Crippen LogP) is 5.64. The van der Waals surface area contributed by atoms with Gasteiger partial charge in [-0.05, 0) is 54.1 Å². The van der Waals surface area contributed by atoms with Crippen molar-refractivity contribution in [2.24, 2.45) is 0 Å². The maximum atomic E-state index is 13.4. The number of methoxy groups -OCH3 is 2. The highest BCUT2D eigenvalue weighted by molar-refractivity contribution is 14.1. The normalized spacial score (nSPS) is 21.0. The van der Waals surface area contributed by atoms with Crippen LogP contribution in [0.2, 0.25) is 5.02 Å². The molecule has 1 N–H and O–H groups in total. The Morgan fingerprint density at radius 1 is 1.24 bits per heavy atom. The molecule has 2 aromatic carbocycles. The number of ether oxygens (including phenoxy) is 2. The van der Waals surface area contributed by atoms with Crippen LogP contribution in [0.5, 0.6) is 11.5 Å². The molecule has 8 heteroatoms. The molecule has 6 nitrogen and oxygen atoms in total. The number of aliphatic hydroxyl groups is 1. The SMILES string of the molecule is CCN1CCC(c2c(OC)cc(OC)c3c(=O)cc(-c4cccc(I)c4Cl)oc23)C1(O)CC. The summed E-state index contributed by atoms with van der Waals surface area (Å²) in [5, 5.41) is 12.6. The molecule has 0 spiro atoms. The summed E-state index contributed by atoms with van der Waals surface area (Å²) in [7, 11) is 3.08. The number of hydrogen-bond donors (Lipinski definition) is 1. The molecule has 1 saturated heterocycles. The number of rotatable bonds is 6. The van der Waals surface area contributed by atoms with Gasteiger partial charge >= 0.3 is 0 Å². The van der Waals surface area contributed by atoms with Gasteiger partial charge in [-0.3, -0.25) is 9.69 Å². The highest BCUT2D eigenvalue weighted by atomic mass is 127. The third kappa shape index (κ3) is 3.92. The van der Waals surface area contributed by atoms with Crippen LogP contribution < -0.4 is 14.9 Å². The standard InChI is InChI=1S/C25H27ClINO5/c1-5-25(30)15(10-11-28(25)6-2)21-19(31-3)13-20(32-4)22-17(29)12-18(33-24(21)22)14-8-7-9-16(27)23(14)26/h7-9,12-13,15,30H,5-6,10-11H2,1-4H3. The molecule has 0 amide bonds. The Morgan fingerprint density at radius 2 is 1.97 bits per heavy atom. The van der Waals surface area contributed by atoms with Crippen LogP contribution in [-0.2, 0) is 0 Å². The first-order chi connectivity index (χ1) is 15.8. The Kier molecular flexibility index (Phi) is 6.96. The predicted molar refractivity (Wildman–Crippen MR) is 139 cm³/mol. The molecule has 176 valence electrons. The third-order valence-corrected chi connectivity index (χ3v) is 8.29. The Bertz CT molecular complexity index is 1260. The lowest BCUT2D eigenvalue weighted by Crippen LogP contribution is -2.46. The van der Waals surface area contributed by atoms with Gasteiger partial charge in [0.2, 0.25) is 0 Å². The van der Waals surface area contributed by atoms with Gasteiger partial charge in [-0.2, -0.15) is 0 Å².